The molecule has 0 bridgehead atoms. The van der Waals surface area contributed by atoms with Gasteiger partial charge in [0.05, 0.1) is 5.69 Å². The lowest BCUT2D eigenvalue weighted by molar-refractivity contribution is 0.0557. The molecule has 2 aromatic rings. The molecule has 166 valence electrons. The normalized spacial score (nSPS) is 25.7. The molecule has 4 N–H and O–H groups in total. The summed E-state index contributed by atoms with van der Waals surface area (Å²) in [6.07, 6.45) is 8.59. The first kappa shape index (κ1) is 20.7. The molecule has 1 aromatic heterocycles. The standard InChI is InChI=1S/C24H34N6O/c25-19-2-1-12-28(14-9-19)13-8-18-3-5-20(6-4-18)30-15-10-22(27-23(30)31)29-16-24(17-29)11-7-21(24)26/h3-6,10,15,19,21H,1-2,7-9,11-14,16-17,25-26H2. The van der Waals surface area contributed by atoms with E-state index < -0.39 is 0 Å². The van der Waals surface area contributed by atoms with Gasteiger partial charge in [-0.2, -0.15) is 4.98 Å². The van der Waals surface area contributed by atoms with Crippen molar-refractivity contribution in [2.24, 2.45) is 16.9 Å². The van der Waals surface area contributed by atoms with E-state index in [1.165, 1.54) is 18.4 Å². The molecule has 2 atom stereocenters. The maximum absolute atomic E-state index is 12.7. The van der Waals surface area contributed by atoms with Crippen molar-refractivity contribution in [2.45, 2.75) is 50.6 Å². The van der Waals surface area contributed by atoms with Crippen LogP contribution in [0.3, 0.4) is 0 Å². The number of likely N-dealkylation sites (tertiary alicyclic amines) is 1. The van der Waals surface area contributed by atoms with Gasteiger partial charge in [0.25, 0.3) is 0 Å². The van der Waals surface area contributed by atoms with Gasteiger partial charge in [-0.1, -0.05) is 12.1 Å². The summed E-state index contributed by atoms with van der Waals surface area (Å²) in [4.78, 5) is 21.7. The van der Waals surface area contributed by atoms with Crippen LogP contribution in [-0.4, -0.2) is 59.3 Å². The van der Waals surface area contributed by atoms with Crippen molar-refractivity contribution in [1.29, 1.82) is 0 Å². The minimum absolute atomic E-state index is 0.231. The Morgan fingerprint density at radius 3 is 2.52 bits per heavy atom. The van der Waals surface area contributed by atoms with E-state index >= 15 is 0 Å². The average Bonchev–Trinajstić information content (AvgIpc) is 2.95. The zero-order valence-corrected chi connectivity index (χ0v) is 18.2. The molecular weight excluding hydrogens is 388 g/mol. The van der Waals surface area contributed by atoms with Gasteiger partial charge in [0.15, 0.2) is 0 Å². The quantitative estimate of drug-likeness (QED) is 0.759. The highest BCUT2D eigenvalue weighted by Gasteiger charge is 2.53. The first-order valence-corrected chi connectivity index (χ1v) is 11.7. The SMILES string of the molecule is NC1CCCN(CCc2ccc(-n3ccc(N4CC5(CCC5N)C4)nc3=O)cc2)CC1. The van der Waals surface area contributed by atoms with Crippen LogP contribution in [0.1, 0.15) is 37.7 Å². The van der Waals surface area contributed by atoms with Gasteiger partial charge in [-0.05, 0) is 75.4 Å². The predicted octanol–water partition coefficient (Wildman–Crippen LogP) is 1.52. The van der Waals surface area contributed by atoms with Crippen molar-refractivity contribution in [2.75, 3.05) is 37.6 Å². The van der Waals surface area contributed by atoms with Crippen molar-refractivity contribution >= 4 is 5.82 Å². The van der Waals surface area contributed by atoms with Crippen molar-refractivity contribution in [1.82, 2.24) is 14.5 Å². The topological polar surface area (TPSA) is 93.4 Å². The Kier molecular flexibility index (Phi) is 5.58. The molecule has 3 aliphatic rings. The van der Waals surface area contributed by atoms with E-state index in [-0.39, 0.29) is 11.1 Å². The number of aromatic nitrogens is 2. The summed E-state index contributed by atoms with van der Waals surface area (Å²) < 4.78 is 1.62. The van der Waals surface area contributed by atoms with Crippen LogP contribution < -0.4 is 22.1 Å². The lowest BCUT2D eigenvalue weighted by Gasteiger charge is -2.59. The fraction of sp³-hybridized carbons (Fsp3) is 0.583. The lowest BCUT2D eigenvalue weighted by atomic mass is 9.60. The van der Waals surface area contributed by atoms with Crippen molar-refractivity contribution < 1.29 is 0 Å². The molecule has 7 nitrogen and oxygen atoms in total. The number of hydrogen-bond donors (Lipinski definition) is 2. The second-order valence-electron chi connectivity index (χ2n) is 9.75. The minimum Gasteiger partial charge on any atom is -0.355 e. The number of nitrogens with two attached hydrogens (primary N) is 2. The molecule has 1 aliphatic carbocycles. The molecule has 31 heavy (non-hydrogen) atoms. The van der Waals surface area contributed by atoms with Gasteiger partial charge in [0.2, 0.25) is 0 Å². The smallest absolute Gasteiger partial charge is 0.354 e. The van der Waals surface area contributed by atoms with Crippen LogP contribution >= 0.6 is 0 Å². The Labute approximate surface area is 184 Å². The van der Waals surface area contributed by atoms with Crippen LogP contribution in [0.15, 0.2) is 41.3 Å². The van der Waals surface area contributed by atoms with Crippen molar-refractivity contribution in [3.05, 3.63) is 52.6 Å². The third-order valence-electron chi connectivity index (χ3n) is 7.66. The molecule has 1 aromatic carbocycles. The van der Waals surface area contributed by atoms with Crippen LogP contribution in [0.2, 0.25) is 0 Å². The molecule has 2 unspecified atom stereocenters. The second-order valence-corrected chi connectivity index (χ2v) is 9.75. The van der Waals surface area contributed by atoms with E-state index in [2.05, 4.69) is 26.9 Å². The maximum Gasteiger partial charge on any atom is 0.354 e. The number of anilines is 1. The summed E-state index contributed by atoms with van der Waals surface area (Å²) in [6.45, 7) is 5.13. The van der Waals surface area contributed by atoms with E-state index in [0.717, 1.165) is 69.9 Å². The van der Waals surface area contributed by atoms with E-state index in [0.29, 0.717) is 12.1 Å². The molecule has 1 spiro atoms. The van der Waals surface area contributed by atoms with Gasteiger partial charge in [-0.3, -0.25) is 4.57 Å². The number of hydrogen-bond acceptors (Lipinski definition) is 6. The summed E-state index contributed by atoms with van der Waals surface area (Å²) in [7, 11) is 0. The largest absolute Gasteiger partial charge is 0.355 e. The minimum atomic E-state index is -0.231. The van der Waals surface area contributed by atoms with Crippen LogP contribution in [0.5, 0.6) is 0 Å². The maximum atomic E-state index is 12.7. The van der Waals surface area contributed by atoms with E-state index in [1.807, 2.05) is 24.4 Å². The van der Waals surface area contributed by atoms with Gasteiger partial charge in [-0.15, -0.1) is 0 Å². The Morgan fingerprint density at radius 1 is 1.03 bits per heavy atom. The van der Waals surface area contributed by atoms with Gasteiger partial charge in [0, 0.05) is 43.3 Å². The summed E-state index contributed by atoms with van der Waals surface area (Å²) >= 11 is 0. The highest BCUT2D eigenvalue weighted by Crippen LogP contribution is 2.48. The number of rotatable bonds is 5. The molecule has 1 saturated carbocycles. The van der Waals surface area contributed by atoms with Crippen LogP contribution in [0.4, 0.5) is 5.82 Å². The average molecular weight is 423 g/mol. The van der Waals surface area contributed by atoms with E-state index in [4.69, 9.17) is 11.5 Å². The fourth-order valence-corrected chi connectivity index (χ4v) is 5.27. The molecule has 5 rings (SSSR count). The molecular formula is C24H34N6O. The van der Waals surface area contributed by atoms with E-state index in [1.54, 1.807) is 4.57 Å². The summed E-state index contributed by atoms with van der Waals surface area (Å²) in [6, 6.07) is 10.9. The third kappa shape index (κ3) is 4.14. The summed E-state index contributed by atoms with van der Waals surface area (Å²) in [5, 5.41) is 0. The Balaban J connectivity index is 1.19. The van der Waals surface area contributed by atoms with Gasteiger partial charge >= 0.3 is 5.69 Å². The molecule has 3 heterocycles. The van der Waals surface area contributed by atoms with Crippen molar-refractivity contribution in [3.8, 4) is 5.69 Å². The Morgan fingerprint density at radius 2 is 1.84 bits per heavy atom. The van der Waals surface area contributed by atoms with Gasteiger partial charge in [-0.25, -0.2) is 4.79 Å². The van der Waals surface area contributed by atoms with Gasteiger partial charge in [0.1, 0.15) is 5.82 Å². The molecule has 3 fully saturated rings. The predicted molar refractivity (Wildman–Crippen MR) is 124 cm³/mol. The first-order valence-electron chi connectivity index (χ1n) is 11.7. The third-order valence-corrected chi connectivity index (χ3v) is 7.66. The molecule has 2 aliphatic heterocycles. The molecule has 0 radical (unpaired) electrons. The zero-order valence-electron chi connectivity index (χ0n) is 18.2. The fourth-order valence-electron chi connectivity index (χ4n) is 5.27. The highest BCUT2D eigenvalue weighted by molar-refractivity contribution is 5.45. The summed E-state index contributed by atoms with van der Waals surface area (Å²) in [5.41, 5.74) is 14.4. The van der Waals surface area contributed by atoms with Crippen LogP contribution in [0.25, 0.3) is 5.69 Å². The number of nitrogens with zero attached hydrogens (tertiary/aromatic N) is 4. The molecule has 2 saturated heterocycles. The van der Waals surface area contributed by atoms with Crippen molar-refractivity contribution in [3.63, 3.8) is 0 Å². The van der Waals surface area contributed by atoms with Crippen LogP contribution in [-0.2, 0) is 6.42 Å². The Bertz CT molecular complexity index is 965. The molecule has 0 amide bonds. The lowest BCUT2D eigenvalue weighted by Crippen LogP contribution is -2.69. The zero-order chi connectivity index (χ0) is 21.4. The summed E-state index contributed by atoms with van der Waals surface area (Å²) in [5.74, 6) is 0.764. The molecule has 7 heteroatoms. The Hall–Kier alpha value is -2.22. The second kappa shape index (κ2) is 8.37. The monoisotopic (exact) mass is 422 g/mol. The van der Waals surface area contributed by atoms with Crippen LogP contribution in [0, 0.1) is 5.41 Å². The first-order chi connectivity index (χ1) is 15.0. The van der Waals surface area contributed by atoms with E-state index in [9.17, 15) is 4.79 Å². The highest BCUT2D eigenvalue weighted by atomic mass is 16.1. The van der Waals surface area contributed by atoms with Gasteiger partial charge < -0.3 is 21.3 Å². The number of benzene rings is 1.